The summed E-state index contributed by atoms with van der Waals surface area (Å²) in [5.74, 6) is -2.56. The Balaban J connectivity index is 1.42. The largest absolute Gasteiger partial charge is 0.471 e. The van der Waals surface area contributed by atoms with Crippen molar-refractivity contribution in [2.24, 2.45) is 0 Å². The van der Waals surface area contributed by atoms with Crippen LogP contribution in [0.25, 0.3) is 22.2 Å². The van der Waals surface area contributed by atoms with Crippen molar-refractivity contribution < 1.29 is 22.4 Å². The highest BCUT2D eigenvalue weighted by Crippen LogP contribution is 2.31. The molecule has 5 rings (SSSR count). The third-order valence-electron chi connectivity index (χ3n) is 5.50. The summed E-state index contributed by atoms with van der Waals surface area (Å²) in [6, 6.07) is 11.4. The van der Waals surface area contributed by atoms with Crippen LogP contribution in [0.5, 0.6) is 0 Å². The Morgan fingerprint density at radius 2 is 1.85 bits per heavy atom. The molecule has 0 bridgehead atoms. The number of hydrogen-bond donors (Lipinski definition) is 2. The van der Waals surface area contributed by atoms with E-state index >= 15 is 0 Å². The van der Waals surface area contributed by atoms with Crippen molar-refractivity contribution in [1.82, 2.24) is 19.9 Å². The van der Waals surface area contributed by atoms with Crippen molar-refractivity contribution in [2.75, 3.05) is 5.32 Å². The number of rotatable bonds is 3. The first kappa shape index (κ1) is 21.6. The fourth-order valence-corrected chi connectivity index (χ4v) is 3.86. The van der Waals surface area contributed by atoms with Crippen molar-refractivity contribution in [3.63, 3.8) is 0 Å². The van der Waals surface area contributed by atoms with Gasteiger partial charge in [0.1, 0.15) is 0 Å². The topological polar surface area (TPSA) is 91.0 Å². The molecule has 1 amide bonds. The monoisotopic (exact) mass is 469 g/mol. The van der Waals surface area contributed by atoms with Crippen molar-refractivity contribution in [1.29, 1.82) is 0 Å². The SMILES string of the molecule is O=C(N1Cc2ccc(-c3ncc(F)c(Nc4ccc5c(=O)[nH]ccc5c4)n3)cc2C1)C(F)(F)F. The number of nitrogens with one attached hydrogen (secondary N) is 2. The molecule has 172 valence electrons. The molecule has 7 nitrogen and oxygen atoms in total. The smallest absolute Gasteiger partial charge is 0.338 e. The molecule has 2 aromatic carbocycles. The number of benzene rings is 2. The number of carbonyl (C=O) groups excluding carboxylic acids is 1. The van der Waals surface area contributed by atoms with E-state index in [1.807, 2.05) is 0 Å². The second-order valence-electron chi connectivity index (χ2n) is 7.77. The van der Waals surface area contributed by atoms with Gasteiger partial charge in [0.25, 0.3) is 5.56 Å². The molecule has 2 N–H and O–H groups in total. The molecule has 1 aliphatic rings. The van der Waals surface area contributed by atoms with Crippen LogP contribution in [0.15, 0.2) is 59.7 Å². The first-order valence-electron chi connectivity index (χ1n) is 10.1. The van der Waals surface area contributed by atoms with Gasteiger partial charge in [-0.3, -0.25) is 9.59 Å². The Kier molecular flexibility index (Phi) is 5.03. The van der Waals surface area contributed by atoms with Gasteiger partial charge < -0.3 is 15.2 Å². The normalized spacial score (nSPS) is 13.2. The summed E-state index contributed by atoms with van der Waals surface area (Å²) in [4.78, 5) is 34.9. The molecule has 0 saturated carbocycles. The van der Waals surface area contributed by atoms with Crippen LogP contribution >= 0.6 is 0 Å². The number of fused-ring (bicyclic) bond motifs is 2. The van der Waals surface area contributed by atoms with Crippen LogP contribution in [0.1, 0.15) is 11.1 Å². The minimum atomic E-state index is -4.94. The number of halogens is 4. The fraction of sp³-hybridized carbons (Fsp3) is 0.130. The molecule has 0 saturated heterocycles. The molecule has 11 heteroatoms. The maximum Gasteiger partial charge on any atom is 0.471 e. The van der Waals surface area contributed by atoms with Gasteiger partial charge >= 0.3 is 12.1 Å². The van der Waals surface area contributed by atoms with Crippen LogP contribution in [-0.4, -0.2) is 31.9 Å². The van der Waals surface area contributed by atoms with Gasteiger partial charge in [-0.25, -0.2) is 14.4 Å². The molecule has 0 aliphatic carbocycles. The Hall–Kier alpha value is -4.28. The zero-order chi connectivity index (χ0) is 24.0. The standard InChI is InChI=1S/C23H15F4N5O2/c24-18-9-29-19(13-1-2-14-10-32(11-15(14)7-13)22(34)23(25,26)27)31-20(18)30-16-3-4-17-12(8-16)5-6-28-21(17)33/h1-9H,10-11H2,(H,28,33)(H,29,30,31). The van der Waals surface area contributed by atoms with E-state index < -0.39 is 17.9 Å². The van der Waals surface area contributed by atoms with Crippen molar-refractivity contribution >= 4 is 28.2 Å². The third-order valence-corrected chi connectivity index (χ3v) is 5.50. The summed E-state index contributed by atoms with van der Waals surface area (Å²) in [7, 11) is 0. The minimum Gasteiger partial charge on any atom is -0.338 e. The average molecular weight is 469 g/mol. The Bertz CT molecular complexity index is 1500. The summed E-state index contributed by atoms with van der Waals surface area (Å²) >= 11 is 0. The molecule has 0 atom stereocenters. The number of nitrogens with zero attached hydrogens (tertiary/aromatic N) is 3. The number of aromatic nitrogens is 3. The number of carbonyl (C=O) groups is 1. The van der Waals surface area contributed by atoms with Crippen LogP contribution in [0.4, 0.5) is 29.1 Å². The number of hydrogen-bond acceptors (Lipinski definition) is 5. The van der Waals surface area contributed by atoms with E-state index in [-0.39, 0.29) is 30.3 Å². The Morgan fingerprint density at radius 3 is 2.65 bits per heavy atom. The van der Waals surface area contributed by atoms with Crippen molar-refractivity contribution in [2.45, 2.75) is 19.3 Å². The summed E-state index contributed by atoms with van der Waals surface area (Å²) in [6.07, 6.45) is -2.44. The Morgan fingerprint density at radius 1 is 1.06 bits per heavy atom. The quantitative estimate of drug-likeness (QED) is 0.438. The van der Waals surface area contributed by atoms with Crippen LogP contribution in [0.2, 0.25) is 0 Å². The highest BCUT2D eigenvalue weighted by molar-refractivity contribution is 5.85. The van der Waals surface area contributed by atoms with Crippen LogP contribution in [0, 0.1) is 5.82 Å². The molecule has 1 aliphatic heterocycles. The lowest BCUT2D eigenvalue weighted by atomic mass is 10.1. The van der Waals surface area contributed by atoms with Gasteiger partial charge in [-0.15, -0.1) is 0 Å². The molecule has 34 heavy (non-hydrogen) atoms. The molecule has 3 heterocycles. The van der Waals surface area contributed by atoms with Gasteiger partial charge in [-0.05, 0) is 46.8 Å². The van der Waals surface area contributed by atoms with Gasteiger partial charge in [-0.2, -0.15) is 13.2 Å². The molecular formula is C23H15F4N5O2. The van der Waals surface area contributed by atoms with Gasteiger partial charge in [0.05, 0.1) is 6.20 Å². The lowest BCUT2D eigenvalue weighted by Gasteiger charge is -2.16. The maximum atomic E-state index is 14.4. The summed E-state index contributed by atoms with van der Waals surface area (Å²) in [6.45, 7) is -0.333. The zero-order valence-electron chi connectivity index (χ0n) is 17.3. The highest BCUT2D eigenvalue weighted by Gasteiger charge is 2.44. The van der Waals surface area contributed by atoms with Crippen molar-refractivity contribution in [3.8, 4) is 11.4 Å². The van der Waals surface area contributed by atoms with Gasteiger partial charge in [0, 0.05) is 35.9 Å². The zero-order valence-corrected chi connectivity index (χ0v) is 17.3. The average Bonchev–Trinajstić information content (AvgIpc) is 3.23. The molecule has 0 radical (unpaired) electrons. The number of aromatic amines is 1. The van der Waals surface area contributed by atoms with Gasteiger partial charge in [0.2, 0.25) is 0 Å². The third kappa shape index (κ3) is 3.96. The van der Waals surface area contributed by atoms with E-state index in [4.69, 9.17) is 0 Å². The lowest BCUT2D eigenvalue weighted by molar-refractivity contribution is -0.186. The predicted octanol–water partition coefficient (Wildman–Crippen LogP) is 4.27. The van der Waals surface area contributed by atoms with E-state index in [1.165, 1.54) is 6.20 Å². The van der Waals surface area contributed by atoms with E-state index in [0.717, 1.165) is 11.1 Å². The van der Waals surface area contributed by atoms with Crippen molar-refractivity contribution in [3.05, 3.63) is 82.2 Å². The molecule has 0 fully saturated rings. The highest BCUT2D eigenvalue weighted by atomic mass is 19.4. The maximum absolute atomic E-state index is 14.4. The second kappa shape index (κ2) is 7.94. The number of amides is 1. The van der Waals surface area contributed by atoms with Gasteiger partial charge in [0.15, 0.2) is 17.5 Å². The van der Waals surface area contributed by atoms with E-state index in [2.05, 4.69) is 20.3 Å². The van der Waals surface area contributed by atoms with Crippen LogP contribution in [0.3, 0.4) is 0 Å². The summed E-state index contributed by atoms with van der Waals surface area (Å²) in [5, 5.41) is 4.00. The van der Waals surface area contributed by atoms with E-state index in [9.17, 15) is 27.2 Å². The minimum absolute atomic E-state index is 0.108. The number of alkyl halides is 3. The number of pyridine rings is 1. The van der Waals surface area contributed by atoms with Gasteiger partial charge in [-0.1, -0.05) is 12.1 Å². The first-order chi connectivity index (χ1) is 16.2. The van der Waals surface area contributed by atoms with Crippen LogP contribution < -0.4 is 10.9 Å². The number of anilines is 2. The second-order valence-corrected chi connectivity index (χ2v) is 7.77. The van der Waals surface area contributed by atoms with E-state index in [0.29, 0.717) is 33.2 Å². The predicted molar refractivity (Wildman–Crippen MR) is 116 cm³/mol. The lowest BCUT2D eigenvalue weighted by Crippen LogP contribution is -2.37. The number of H-pyrrole nitrogens is 1. The van der Waals surface area contributed by atoms with Crippen LogP contribution in [-0.2, 0) is 17.9 Å². The Labute approximate surface area is 189 Å². The molecule has 2 aromatic heterocycles. The molecule has 0 unspecified atom stereocenters. The van der Waals surface area contributed by atoms with E-state index in [1.54, 1.807) is 42.5 Å². The summed E-state index contributed by atoms with van der Waals surface area (Å²) < 4.78 is 52.7. The molecular weight excluding hydrogens is 454 g/mol. The first-order valence-corrected chi connectivity index (χ1v) is 10.1. The fourth-order valence-electron chi connectivity index (χ4n) is 3.86. The molecule has 4 aromatic rings. The summed E-state index contributed by atoms with van der Waals surface area (Å²) in [5.41, 5.74) is 1.85. The molecule has 0 spiro atoms.